The number of nitrogens with zero attached hydrogens (tertiary/aromatic N) is 6. The lowest BCUT2D eigenvalue weighted by Gasteiger charge is -2.49. The highest BCUT2D eigenvalue weighted by molar-refractivity contribution is 5.86. The van der Waals surface area contributed by atoms with Crippen molar-refractivity contribution in [1.82, 2.24) is 19.4 Å². The third kappa shape index (κ3) is 4.67. The number of pyridine rings is 1. The Morgan fingerprint density at radius 3 is 2.31 bits per heavy atom. The molecule has 0 aliphatic carbocycles. The molecule has 4 rings (SSSR count). The first-order chi connectivity index (χ1) is 17.1. The smallest absolute Gasteiger partial charge is 0.349 e. The van der Waals surface area contributed by atoms with E-state index in [2.05, 4.69) is 39.7 Å². The first-order valence-corrected chi connectivity index (χ1v) is 12.1. The van der Waals surface area contributed by atoms with Gasteiger partial charge < -0.3 is 4.90 Å². The monoisotopic (exact) mass is 498 g/mol. The van der Waals surface area contributed by atoms with Crippen LogP contribution in [0.4, 0.5) is 19.0 Å². The van der Waals surface area contributed by atoms with E-state index in [4.69, 9.17) is 0 Å². The number of aromatic nitrogens is 3. The van der Waals surface area contributed by atoms with E-state index >= 15 is 0 Å². The first kappa shape index (κ1) is 25.6. The molecule has 3 heterocycles. The standard InChI is InChI=1S/C26H29F3N6O/c1-5-20-15-35(24-23-22(33(4)25(36)32-24)12-11-19(13-30)31-23)21(6-2)14-34(20)16(3)17-7-9-18(10-8-17)26(27,28)29/h7-12,16,20-21H,5-6,14-15H2,1-4H3/t16?,20-,21+/m1/s1. The molecule has 1 aromatic carbocycles. The van der Waals surface area contributed by atoms with Crippen LogP contribution >= 0.6 is 0 Å². The van der Waals surface area contributed by atoms with Crippen LogP contribution in [0, 0.1) is 11.3 Å². The van der Waals surface area contributed by atoms with Gasteiger partial charge in [0.05, 0.1) is 11.1 Å². The molecule has 3 atom stereocenters. The fraction of sp³-hybridized carbons (Fsp3) is 0.462. The Labute approximate surface area is 207 Å². The molecule has 3 aromatic rings. The van der Waals surface area contributed by atoms with Crippen molar-refractivity contribution in [3.05, 3.63) is 63.7 Å². The molecule has 2 aromatic heterocycles. The topological polar surface area (TPSA) is 78.0 Å². The van der Waals surface area contributed by atoms with Gasteiger partial charge in [-0.25, -0.2) is 9.78 Å². The molecule has 0 radical (unpaired) electrons. The van der Waals surface area contributed by atoms with Gasteiger partial charge in [-0.15, -0.1) is 0 Å². The molecular formula is C26H29F3N6O. The van der Waals surface area contributed by atoms with Gasteiger partial charge in [0.15, 0.2) is 5.82 Å². The summed E-state index contributed by atoms with van der Waals surface area (Å²) in [5.41, 5.74) is 1.13. The fourth-order valence-electron chi connectivity index (χ4n) is 5.03. The van der Waals surface area contributed by atoms with Crippen LogP contribution in [0.15, 0.2) is 41.2 Å². The Bertz CT molecular complexity index is 1350. The number of benzene rings is 1. The van der Waals surface area contributed by atoms with Gasteiger partial charge >= 0.3 is 11.9 Å². The van der Waals surface area contributed by atoms with Gasteiger partial charge in [-0.3, -0.25) is 9.47 Å². The zero-order valence-corrected chi connectivity index (χ0v) is 20.8. The van der Waals surface area contributed by atoms with Crippen LogP contribution in [0.1, 0.15) is 56.5 Å². The normalized spacial score (nSPS) is 19.9. The number of rotatable bonds is 5. The van der Waals surface area contributed by atoms with E-state index in [1.807, 2.05) is 6.92 Å². The lowest BCUT2D eigenvalue weighted by atomic mass is 9.96. The quantitative estimate of drug-likeness (QED) is 0.509. The fourth-order valence-corrected chi connectivity index (χ4v) is 5.03. The summed E-state index contributed by atoms with van der Waals surface area (Å²) < 4.78 is 40.5. The second-order valence-corrected chi connectivity index (χ2v) is 9.22. The van der Waals surface area contributed by atoms with Crippen LogP contribution in [0.3, 0.4) is 0 Å². The molecule has 0 bridgehead atoms. The summed E-state index contributed by atoms with van der Waals surface area (Å²) in [6, 6.07) is 10.7. The highest BCUT2D eigenvalue weighted by Crippen LogP contribution is 2.35. The van der Waals surface area contributed by atoms with Crippen molar-refractivity contribution < 1.29 is 13.2 Å². The summed E-state index contributed by atoms with van der Waals surface area (Å²) in [6.45, 7) is 7.37. The van der Waals surface area contributed by atoms with Gasteiger partial charge in [0.2, 0.25) is 0 Å². The second kappa shape index (κ2) is 9.90. The summed E-state index contributed by atoms with van der Waals surface area (Å²) in [5.74, 6) is 0.470. The number of nitriles is 1. The van der Waals surface area contributed by atoms with E-state index in [-0.39, 0.29) is 23.8 Å². The van der Waals surface area contributed by atoms with Gasteiger partial charge in [0.1, 0.15) is 17.3 Å². The molecule has 1 saturated heterocycles. The largest absolute Gasteiger partial charge is 0.416 e. The van der Waals surface area contributed by atoms with Gasteiger partial charge in [-0.05, 0) is 49.6 Å². The maximum Gasteiger partial charge on any atom is 0.416 e. The number of halogens is 3. The number of alkyl halides is 3. The van der Waals surface area contributed by atoms with Gasteiger partial charge in [-0.1, -0.05) is 26.0 Å². The van der Waals surface area contributed by atoms with E-state index in [0.717, 1.165) is 30.5 Å². The predicted molar refractivity (Wildman–Crippen MR) is 132 cm³/mol. The lowest BCUT2D eigenvalue weighted by Crippen LogP contribution is -2.59. The zero-order chi connectivity index (χ0) is 26.2. The molecule has 1 fully saturated rings. The van der Waals surface area contributed by atoms with Gasteiger partial charge in [0.25, 0.3) is 0 Å². The van der Waals surface area contributed by atoms with E-state index in [1.54, 1.807) is 31.3 Å². The zero-order valence-electron chi connectivity index (χ0n) is 20.8. The number of aryl methyl sites for hydroxylation is 1. The summed E-state index contributed by atoms with van der Waals surface area (Å²) in [5, 5.41) is 9.38. The molecule has 1 aliphatic rings. The van der Waals surface area contributed by atoms with E-state index < -0.39 is 17.4 Å². The van der Waals surface area contributed by atoms with Crippen LogP contribution < -0.4 is 10.6 Å². The number of fused-ring (bicyclic) bond motifs is 1. The highest BCUT2D eigenvalue weighted by atomic mass is 19.4. The molecule has 10 heteroatoms. The average Bonchev–Trinajstić information content (AvgIpc) is 2.88. The minimum absolute atomic E-state index is 0.0000429. The summed E-state index contributed by atoms with van der Waals surface area (Å²) >= 11 is 0. The van der Waals surface area contributed by atoms with Crippen molar-refractivity contribution in [2.24, 2.45) is 7.05 Å². The number of hydrogen-bond donors (Lipinski definition) is 0. The molecule has 1 unspecified atom stereocenters. The molecule has 0 amide bonds. The molecule has 1 aliphatic heterocycles. The number of piperazine rings is 1. The third-order valence-electron chi connectivity index (χ3n) is 7.22. The Morgan fingerprint density at radius 2 is 1.72 bits per heavy atom. The Hall–Kier alpha value is -3.45. The third-order valence-corrected chi connectivity index (χ3v) is 7.22. The van der Waals surface area contributed by atoms with Gasteiger partial charge in [-0.2, -0.15) is 23.4 Å². The van der Waals surface area contributed by atoms with Crippen LogP contribution in [0.25, 0.3) is 11.0 Å². The number of anilines is 1. The van der Waals surface area contributed by atoms with Crippen LogP contribution in [-0.2, 0) is 13.2 Å². The Balaban J connectivity index is 1.70. The predicted octanol–water partition coefficient (Wildman–Crippen LogP) is 4.66. The van der Waals surface area contributed by atoms with Crippen LogP contribution in [0.2, 0.25) is 0 Å². The Kier molecular flexibility index (Phi) is 7.05. The van der Waals surface area contributed by atoms with Crippen molar-refractivity contribution in [3.63, 3.8) is 0 Å². The highest BCUT2D eigenvalue weighted by Gasteiger charge is 2.37. The van der Waals surface area contributed by atoms with Crippen molar-refractivity contribution in [2.75, 3.05) is 18.0 Å². The Morgan fingerprint density at radius 1 is 1.06 bits per heavy atom. The molecule has 0 spiro atoms. The van der Waals surface area contributed by atoms with Crippen LogP contribution in [-0.4, -0.2) is 44.6 Å². The molecule has 190 valence electrons. The van der Waals surface area contributed by atoms with Gasteiger partial charge in [0, 0.05) is 38.3 Å². The molecule has 0 N–H and O–H groups in total. The summed E-state index contributed by atoms with van der Waals surface area (Å²) in [4.78, 5) is 26.0. The molecular weight excluding hydrogens is 469 g/mol. The van der Waals surface area contributed by atoms with Crippen molar-refractivity contribution in [2.45, 2.75) is 57.9 Å². The summed E-state index contributed by atoms with van der Waals surface area (Å²) in [6.07, 6.45) is -2.80. The minimum Gasteiger partial charge on any atom is -0.349 e. The second-order valence-electron chi connectivity index (χ2n) is 9.22. The van der Waals surface area contributed by atoms with Crippen molar-refractivity contribution in [3.8, 4) is 6.07 Å². The van der Waals surface area contributed by atoms with E-state index in [1.165, 1.54) is 4.57 Å². The molecule has 0 saturated carbocycles. The average molecular weight is 499 g/mol. The van der Waals surface area contributed by atoms with Crippen molar-refractivity contribution in [1.29, 1.82) is 5.26 Å². The van der Waals surface area contributed by atoms with Crippen LogP contribution in [0.5, 0.6) is 0 Å². The summed E-state index contributed by atoms with van der Waals surface area (Å²) in [7, 11) is 1.63. The first-order valence-electron chi connectivity index (χ1n) is 12.1. The molecule has 7 nitrogen and oxygen atoms in total. The number of hydrogen-bond acceptors (Lipinski definition) is 6. The lowest BCUT2D eigenvalue weighted by molar-refractivity contribution is -0.137. The maximum atomic E-state index is 13.0. The van der Waals surface area contributed by atoms with E-state index in [0.29, 0.717) is 29.9 Å². The minimum atomic E-state index is -4.37. The van der Waals surface area contributed by atoms with E-state index in [9.17, 15) is 23.2 Å². The maximum absolute atomic E-state index is 13.0. The van der Waals surface area contributed by atoms with Crippen molar-refractivity contribution >= 4 is 16.9 Å². The molecule has 36 heavy (non-hydrogen) atoms. The SMILES string of the molecule is CC[C@H]1CN(C(C)c2ccc(C(F)(F)F)cc2)[C@H](CC)CN1c1nc(=O)n(C)c2ccc(C#N)nc12.